The van der Waals surface area contributed by atoms with Crippen molar-refractivity contribution in [3.05, 3.63) is 0 Å². The smallest absolute Gasteiger partial charge is 0.377 e. The largest absolute Gasteiger partial charge is 0.400 e. The Balaban J connectivity index is 2.15. The van der Waals surface area contributed by atoms with Crippen LogP contribution in [0.2, 0.25) is 0 Å². The first-order valence-corrected chi connectivity index (χ1v) is 10.6. The molecule has 0 aromatic rings. The number of hydrogen-bond acceptors (Lipinski definition) is 11. The van der Waals surface area contributed by atoms with Crippen LogP contribution < -0.4 is 0 Å². The minimum atomic E-state index is -4.06. The van der Waals surface area contributed by atoms with Gasteiger partial charge in [-0.05, 0) is 0 Å². The first-order valence-electron chi connectivity index (χ1n) is 9.29. The Morgan fingerprint density at radius 2 is 0.500 bits per heavy atom. The summed E-state index contributed by atoms with van der Waals surface area (Å²) >= 11 is 0. The molecule has 0 aromatic heterocycles. The Hall–Kier alpha value is -0.410. The van der Waals surface area contributed by atoms with Crippen molar-refractivity contribution in [2.24, 2.45) is 0 Å². The highest BCUT2D eigenvalue weighted by Gasteiger charge is 2.11. The summed E-state index contributed by atoms with van der Waals surface area (Å²) in [6.45, 7) is 5.09. The molecule has 1 heterocycles. The summed E-state index contributed by atoms with van der Waals surface area (Å²) in [4.78, 5) is 0. The lowest BCUT2D eigenvalue weighted by molar-refractivity contribution is -0.0229. The van der Waals surface area contributed by atoms with E-state index in [9.17, 15) is 8.42 Å². The van der Waals surface area contributed by atoms with Crippen molar-refractivity contribution in [1.29, 1.82) is 0 Å². The lowest BCUT2D eigenvalue weighted by atomic mass is 10.6. The zero-order valence-corrected chi connectivity index (χ0v) is 17.0. The summed E-state index contributed by atoms with van der Waals surface area (Å²) in [5, 5.41) is 0. The fourth-order valence-electron chi connectivity index (χ4n) is 1.85. The third-order valence-electron chi connectivity index (χ3n) is 3.14. The van der Waals surface area contributed by atoms with Gasteiger partial charge >= 0.3 is 10.4 Å². The maximum absolute atomic E-state index is 11.5. The summed E-state index contributed by atoms with van der Waals surface area (Å²) < 4.78 is 69.4. The predicted molar refractivity (Wildman–Crippen MR) is 96.6 cm³/mol. The third kappa shape index (κ3) is 17.7. The van der Waals surface area contributed by atoms with Crippen molar-refractivity contribution < 1.29 is 49.9 Å². The lowest BCUT2D eigenvalue weighted by Gasteiger charge is -2.09. The van der Waals surface area contributed by atoms with Crippen LogP contribution in [0.25, 0.3) is 0 Å². The molecule has 168 valence electrons. The van der Waals surface area contributed by atoms with E-state index in [-0.39, 0.29) is 26.4 Å². The van der Waals surface area contributed by atoms with Gasteiger partial charge in [-0.2, -0.15) is 8.42 Å². The number of rotatable bonds is 0. The maximum Gasteiger partial charge on any atom is 0.400 e. The minimum Gasteiger partial charge on any atom is -0.377 e. The van der Waals surface area contributed by atoms with Gasteiger partial charge in [0.15, 0.2) is 0 Å². The van der Waals surface area contributed by atoms with Crippen LogP contribution in [-0.2, 0) is 51.9 Å². The first-order chi connectivity index (χ1) is 13.7. The van der Waals surface area contributed by atoms with Gasteiger partial charge in [-0.15, -0.1) is 0 Å². The van der Waals surface area contributed by atoms with E-state index in [0.29, 0.717) is 79.3 Å². The molecule has 0 radical (unpaired) electrons. The fraction of sp³-hybridized carbons (Fsp3) is 1.00. The van der Waals surface area contributed by atoms with E-state index < -0.39 is 10.4 Å². The molecule has 0 amide bonds. The van der Waals surface area contributed by atoms with Gasteiger partial charge in [-0.3, -0.25) is 0 Å². The van der Waals surface area contributed by atoms with Gasteiger partial charge < -0.3 is 33.2 Å². The van der Waals surface area contributed by atoms with Crippen LogP contribution in [0.4, 0.5) is 0 Å². The zero-order chi connectivity index (χ0) is 20.2. The van der Waals surface area contributed by atoms with E-state index in [4.69, 9.17) is 33.2 Å². The molecule has 0 N–H and O–H groups in total. The zero-order valence-electron chi connectivity index (χ0n) is 16.2. The van der Waals surface area contributed by atoms with E-state index in [2.05, 4.69) is 8.37 Å². The molecule has 1 fully saturated rings. The Morgan fingerprint density at radius 1 is 0.321 bits per heavy atom. The van der Waals surface area contributed by atoms with E-state index in [0.717, 1.165) is 0 Å². The van der Waals surface area contributed by atoms with E-state index in [1.165, 1.54) is 0 Å². The Labute approximate surface area is 166 Å². The standard InChI is InChI=1S/C16H32O11S/c17-28(18)26-15-13-24-11-9-22-7-5-20-3-1-19-2-4-21-6-8-23-10-12-25-14-16-27-28/h1-16H2. The molecule has 28 heavy (non-hydrogen) atoms. The summed E-state index contributed by atoms with van der Waals surface area (Å²) in [5.74, 6) is 0. The van der Waals surface area contributed by atoms with Crippen molar-refractivity contribution in [2.75, 3.05) is 106 Å². The lowest BCUT2D eigenvalue weighted by Crippen LogP contribution is -2.18. The molecule has 0 bridgehead atoms. The van der Waals surface area contributed by atoms with Gasteiger partial charge in [0.2, 0.25) is 0 Å². The molecule has 0 atom stereocenters. The van der Waals surface area contributed by atoms with Crippen molar-refractivity contribution >= 4 is 10.4 Å². The molecule has 1 rings (SSSR count). The molecule has 0 aromatic carbocycles. The second-order valence-corrected chi connectivity index (χ2v) is 6.63. The average molecular weight is 432 g/mol. The van der Waals surface area contributed by atoms with Crippen molar-refractivity contribution in [3.63, 3.8) is 0 Å². The first kappa shape index (κ1) is 25.6. The highest BCUT2D eigenvalue weighted by Crippen LogP contribution is 1.96. The summed E-state index contributed by atoms with van der Waals surface area (Å²) in [6, 6.07) is 0. The normalized spacial score (nSPS) is 25.0. The quantitative estimate of drug-likeness (QED) is 0.488. The SMILES string of the molecule is O=S1(=O)OCCOCCOCCOCCOCCOCCOCCOCCO1. The Kier molecular flexibility index (Phi) is 17.0. The highest BCUT2D eigenvalue weighted by atomic mass is 32.3. The molecular weight excluding hydrogens is 400 g/mol. The minimum absolute atomic E-state index is 0.108. The third-order valence-corrected chi connectivity index (χ3v) is 4.05. The Morgan fingerprint density at radius 3 is 0.714 bits per heavy atom. The summed E-state index contributed by atoms with van der Waals surface area (Å²) in [5.41, 5.74) is 0. The van der Waals surface area contributed by atoms with E-state index in [1.807, 2.05) is 0 Å². The molecule has 1 aliphatic heterocycles. The second kappa shape index (κ2) is 18.6. The second-order valence-electron chi connectivity index (χ2n) is 5.34. The summed E-state index contributed by atoms with van der Waals surface area (Å²) in [6.07, 6.45) is 0. The average Bonchev–Trinajstić information content (AvgIpc) is 2.67. The monoisotopic (exact) mass is 432 g/mol. The van der Waals surface area contributed by atoms with Crippen molar-refractivity contribution in [1.82, 2.24) is 0 Å². The van der Waals surface area contributed by atoms with Crippen LogP contribution >= 0.6 is 0 Å². The van der Waals surface area contributed by atoms with Crippen LogP contribution in [0, 0.1) is 0 Å². The molecule has 0 aliphatic carbocycles. The topological polar surface area (TPSA) is 117 Å². The van der Waals surface area contributed by atoms with Gasteiger partial charge in [0.1, 0.15) is 0 Å². The van der Waals surface area contributed by atoms with Crippen molar-refractivity contribution in [3.8, 4) is 0 Å². The molecule has 0 unspecified atom stereocenters. The molecular formula is C16H32O11S. The molecule has 11 nitrogen and oxygen atoms in total. The highest BCUT2D eigenvalue weighted by molar-refractivity contribution is 7.81. The van der Waals surface area contributed by atoms with Crippen LogP contribution in [-0.4, -0.2) is 114 Å². The van der Waals surface area contributed by atoms with Gasteiger partial charge in [0.05, 0.1) is 106 Å². The number of ether oxygens (including phenoxy) is 7. The Bertz CT molecular complexity index is 400. The molecule has 12 heteroatoms. The van der Waals surface area contributed by atoms with Crippen LogP contribution in [0.3, 0.4) is 0 Å². The fourth-order valence-corrected chi connectivity index (χ4v) is 2.46. The van der Waals surface area contributed by atoms with Crippen LogP contribution in [0.5, 0.6) is 0 Å². The predicted octanol–water partition coefficient (Wildman–Crippen LogP) is -0.606. The van der Waals surface area contributed by atoms with Crippen LogP contribution in [0.1, 0.15) is 0 Å². The van der Waals surface area contributed by atoms with Crippen LogP contribution in [0.15, 0.2) is 0 Å². The van der Waals surface area contributed by atoms with Crippen molar-refractivity contribution in [2.45, 2.75) is 0 Å². The maximum atomic E-state index is 11.5. The molecule has 0 saturated carbocycles. The summed E-state index contributed by atoms with van der Waals surface area (Å²) in [7, 11) is -4.06. The molecule has 1 aliphatic rings. The van der Waals surface area contributed by atoms with Gasteiger partial charge in [-0.1, -0.05) is 0 Å². The van der Waals surface area contributed by atoms with E-state index in [1.54, 1.807) is 0 Å². The van der Waals surface area contributed by atoms with Gasteiger partial charge in [0, 0.05) is 0 Å². The molecule has 0 spiro atoms. The van der Waals surface area contributed by atoms with Gasteiger partial charge in [0.25, 0.3) is 0 Å². The van der Waals surface area contributed by atoms with E-state index >= 15 is 0 Å². The molecule has 1 saturated heterocycles. The van der Waals surface area contributed by atoms with Gasteiger partial charge in [-0.25, -0.2) is 8.37 Å². The number of hydrogen-bond donors (Lipinski definition) is 0.